The van der Waals surface area contributed by atoms with E-state index in [1.165, 1.54) is 0 Å². The van der Waals surface area contributed by atoms with E-state index in [2.05, 4.69) is 15.7 Å². The van der Waals surface area contributed by atoms with Gasteiger partial charge in [0.05, 0.1) is 26.0 Å². The molecular formula is C17H24N4O3. The molecule has 2 N–H and O–H groups in total. The summed E-state index contributed by atoms with van der Waals surface area (Å²) in [4.78, 5) is 12.2. The lowest BCUT2D eigenvalue weighted by Crippen LogP contribution is -2.32. The fourth-order valence-electron chi connectivity index (χ4n) is 2.62. The van der Waals surface area contributed by atoms with Crippen LogP contribution in [-0.2, 0) is 7.05 Å². The van der Waals surface area contributed by atoms with E-state index in [9.17, 15) is 4.79 Å². The van der Waals surface area contributed by atoms with E-state index in [0.29, 0.717) is 17.3 Å². The molecule has 0 radical (unpaired) electrons. The molecular weight excluding hydrogens is 308 g/mol. The van der Waals surface area contributed by atoms with Crippen molar-refractivity contribution >= 4 is 11.8 Å². The number of benzene rings is 1. The van der Waals surface area contributed by atoms with Gasteiger partial charge < -0.3 is 14.8 Å². The Bertz CT molecular complexity index is 740. The van der Waals surface area contributed by atoms with Gasteiger partial charge in [0, 0.05) is 13.1 Å². The zero-order chi connectivity index (χ0) is 17.9. The van der Waals surface area contributed by atoms with Gasteiger partial charge in [0.25, 0.3) is 0 Å². The fourth-order valence-corrected chi connectivity index (χ4v) is 2.62. The van der Waals surface area contributed by atoms with Gasteiger partial charge >= 0.3 is 6.03 Å². The third kappa shape index (κ3) is 3.79. The molecule has 0 aliphatic heterocycles. The SMILES string of the molecule is COc1cc(C)c([C@H](C)NC(=O)Nc2cc(C)nn2C)cc1OC. The predicted octanol–water partition coefficient (Wildman–Crippen LogP) is 2.94. The molecule has 0 saturated carbocycles. The maximum Gasteiger partial charge on any atom is 0.320 e. The molecule has 0 unspecified atom stereocenters. The third-order valence-corrected chi connectivity index (χ3v) is 3.83. The Hall–Kier alpha value is -2.70. The second-order valence-corrected chi connectivity index (χ2v) is 5.68. The number of urea groups is 1. The number of nitrogens with one attached hydrogen (secondary N) is 2. The number of methoxy groups -OCH3 is 2. The molecule has 0 spiro atoms. The van der Waals surface area contributed by atoms with Crippen molar-refractivity contribution in [3.8, 4) is 11.5 Å². The van der Waals surface area contributed by atoms with E-state index in [1.807, 2.05) is 39.0 Å². The second-order valence-electron chi connectivity index (χ2n) is 5.68. The lowest BCUT2D eigenvalue weighted by molar-refractivity contribution is 0.249. The molecule has 0 aliphatic rings. The summed E-state index contributed by atoms with van der Waals surface area (Å²) in [5.41, 5.74) is 2.82. The van der Waals surface area contributed by atoms with E-state index >= 15 is 0 Å². The standard InChI is InChI=1S/C17H24N4O3/c1-10-7-14(23-5)15(24-6)9-13(10)12(3)18-17(22)19-16-8-11(2)20-21(16)4/h7-9,12H,1-6H3,(H2,18,19,22)/t12-/m0/s1. The molecule has 0 fully saturated rings. The summed E-state index contributed by atoms with van der Waals surface area (Å²) in [6.45, 7) is 5.76. The summed E-state index contributed by atoms with van der Waals surface area (Å²) >= 11 is 0. The second kappa shape index (κ2) is 7.25. The van der Waals surface area contributed by atoms with Crippen LogP contribution >= 0.6 is 0 Å². The van der Waals surface area contributed by atoms with Crippen molar-refractivity contribution in [1.29, 1.82) is 0 Å². The normalized spacial score (nSPS) is 11.8. The topological polar surface area (TPSA) is 77.4 Å². The highest BCUT2D eigenvalue weighted by molar-refractivity contribution is 5.88. The van der Waals surface area contributed by atoms with Crippen molar-refractivity contribution in [2.45, 2.75) is 26.8 Å². The lowest BCUT2D eigenvalue weighted by atomic mass is 10.0. The maximum absolute atomic E-state index is 12.2. The monoisotopic (exact) mass is 332 g/mol. The van der Waals surface area contributed by atoms with E-state index in [-0.39, 0.29) is 12.1 Å². The minimum atomic E-state index is -0.292. The van der Waals surface area contributed by atoms with Crippen LogP contribution in [0, 0.1) is 13.8 Å². The van der Waals surface area contributed by atoms with Gasteiger partial charge in [0.15, 0.2) is 11.5 Å². The van der Waals surface area contributed by atoms with E-state index in [1.54, 1.807) is 25.9 Å². The number of carbonyl (C=O) groups excluding carboxylic acids is 1. The number of carbonyl (C=O) groups is 1. The minimum Gasteiger partial charge on any atom is -0.493 e. The van der Waals surface area contributed by atoms with Crippen molar-refractivity contribution in [1.82, 2.24) is 15.1 Å². The van der Waals surface area contributed by atoms with Gasteiger partial charge in [-0.2, -0.15) is 5.10 Å². The molecule has 24 heavy (non-hydrogen) atoms. The van der Waals surface area contributed by atoms with E-state index < -0.39 is 0 Å². The van der Waals surface area contributed by atoms with Crippen molar-refractivity contribution in [3.05, 3.63) is 35.0 Å². The highest BCUT2D eigenvalue weighted by atomic mass is 16.5. The molecule has 1 heterocycles. The largest absolute Gasteiger partial charge is 0.493 e. The lowest BCUT2D eigenvalue weighted by Gasteiger charge is -2.19. The summed E-state index contributed by atoms with van der Waals surface area (Å²) < 4.78 is 12.3. The average molecular weight is 332 g/mol. The first-order valence-corrected chi connectivity index (χ1v) is 7.66. The smallest absolute Gasteiger partial charge is 0.320 e. The van der Waals surface area contributed by atoms with Crippen LogP contribution in [0.5, 0.6) is 11.5 Å². The van der Waals surface area contributed by atoms with Crippen LogP contribution in [-0.4, -0.2) is 30.0 Å². The van der Waals surface area contributed by atoms with Crippen LogP contribution in [0.25, 0.3) is 0 Å². The molecule has 130 valence electrons. The fraction of sp³-hybridized carbons (Fsp3) is 0.412. The number of hydrogen-bond donors (Lipinski definition) is 2. The van der Waals surface area contributed by atoms with Crippen LogP contribution in [0.1, 0.15) is 29.8 Å². The van der Waals surface area contributed by atoms with Crippen LogP contribution in [0.15, 0.2) is 18.2 Å². The van der Waals surface area contributed by atoms with Gasteiger partial charge in [-0.1, -0.05) is 0 Å². The molecule has 0 saturated heterocycles. The van der Waals surface area contributed by atoms with Gasteiger partial charge in [0.1, 0.15) is 5.82 Å². The molecule has 7 nitrogen and oxygen atoms in total. The van der Waals surface area contributed by atoms with Gasteiger partial charge in [-0.15, -0.1) is 0 Å². The molecule has 0 aliphatic carbocycles. The Morgan fingerprint density at radius 2 is 1.79 bits per heavy atom. The molecule has 1 aromatic carbocycles. The van der Waals surface area contributed by atoms with Crippen molar-refractivity contribution in [3.63, 3.8) is 0 Å². The van der Waals surface area contributed by atoms with Gasteiger partial charge in [0.2, 0.25) is 0 Å². The van der Waals surface area contributed by atoms with Gasteiger partial charge in [-0.25, -0.2) is 4.79 Å². The van der Waals surface area contributed by atoms with E-state index in [0.717, 1.165) is 16.8 Å². The Kier molecular flexibility index (Phi) is 5.33. The summed E-state index contributed by atoms with van der Waals surface area (Å²) in [6.07, 6.45) is 0. The van der Waals surface area contributed by atoms with Crippen LogP contribution < -0.4 is 20.1 Å². The average Bonchev–Trinajstić information content (AvgIpc) is 2.83. The zero-order valence-electron chi connectivity index (χ0n) is 14.9. The Morgan fingerprint density at radius 3 is 2.33 bits per heavy atom. The first kappa shape index (κ1) is 17.7. The third-order valence-electron chi connectivity index (χ3n) is 3.83. The quantitative estimate of drug-likeness (QED) is 0.882. The van der Waals surface area contributed by atoms with Gasteiger partial charge in [-0.3, -0.25) is 10.00 Å². The molecule has 2 amide bonds. The summed E-state index contributed by atoms with van der Waals surface area (Å²) in [5.74, 6) is 1.94. The summed E-state index contributed by atoms with van der Waals surface area (Å²) in [6, 6.07) is 5.10. The number of rotatable bonds is 5. The Balaban J connectivity index is 2.13. The number of aromatic nitrogens is 2. The molecule has 1 aromatic heterocycles. The number of hydrogen-bond acceptors (Lipinski definition) is 4. The number of anilines is 1. The van der Waals surface area contributed by atoms with Crippen LogP contribution in [0.3, 0.4) is 0 Å². The minimum absolute atomic E-state index is 0.195. The number of amides is 2. The molecule has 1 atom stereocenters. The highest BCUT2D eigenvalue weighted by Crippen LogP contribution is 2.32. The van der Waals surface area contributed by atoms with Crippen LogP contribution in [0.4, 0.5) is 10.6 Å². The maximum atomic E-state index is 12.2. The summed E-state index contributed by atoms with van der Waals surface area (Å²) in [5, 5.41) is 9.92. The zero-order valence-corrected chi connectivity index (χ0v) is 14.9. The highest BCUT2D eigenvalue weighted by Gasteiger charge is 2.16. The summed E-state index contributed by atoms with van der Waals surface area (Å²) in [7, 11) is 4.97. The molecule has 2 aromatic rings. The first-order chi connectivity index (χ1) is 11.3. The van der Waals surface area contributed by atoms with Crippen LogP contribution in [0.2, 0.25) is 0 Å². The number of ether oxygens (including phenoxy) is 2. The van der Waals surface area contributed by atoms with Gasteiger partial charge in [-0.05, 0) is 44.0 Å². The molecule has 2 rings (SSSR count). The Labute approximate surface area is 142 Å². The first-order valence-electron chi connectivity index (χ1n) is 7.66. The predicted molar refractivity (Wildman–Crippen MR) is 92.8 cm³/mol. The van der Waals surface area contributed by atoms with Crippen molar-refractivity contribution < 1.29 is 14.3 Å². The Morgan fingerprint density at radius 1 is 1.17 bits per heavy atom. The van der Waals surface area contributed by atoms with Crippen molar-refractivity contribution in [2.75, 3.05) is 19.5 Å². The number of aryl methyl sites for hydroxylation is 3. The molecule has 7 heteroatoms. The number of nitrogens with zero attached hydrogens (tertiary/aromatic N) is 2. The van der Waals surface area contributed by atoms with Crippen molar-refractivity contribution in [2.24, 2.45) is 7.05 Å². The molecule has 0 bridgehead atoms. The van der Waals surface area contributed by atoms with E-state index in [4.69, 9.17) is 9.47 Å².